The number of halogens is 2. The van der Waals surface area contributed by atoms with E-state index >= 15 is 0 Å². The van der Waals surface area contributed by atoms with Gasteiger partial charge >= 0.3 is 5.97 Å². The van der Waals surface area contributed by atoms with Gasteiger partial charge in [0.25, 0.3) is 0 Å². The second kappa shape index (κ2) is 11.3. The van der Waals surface area contributed by atoms with Gasteiger partial charge < -0.3 is 19.5 Å². The van der Waals surface area contributed by atoms with E-state index in [1.54, 1.807) is 23.0 Å². The number of imidazole rings is 1. The molecule has 1 aliphatic rings. The zero-order valence-electron chi connectivity index (χ0n) is 17.6. The zero-order chi connectivity index (χ0) is 20.8. The lowest BCUT2D eigenvalue weighted by atomic mass is 9.97. The molecule has 1 aliphatic heterocycles. The molecule has 0 amide bonds. The van der Waals surface area contributed by atoms with Crippen molar-refractivity contribution < 1.29 is 13.9 Å². The lowest BCUT2D eigenvalue weighted by Gasteiger charge is -2.33. The van der Waals surface area contributed by atoms with Crippen LogP contribution in [0.1, 0.15) is 31.2 Å². The number of aromatic nitrogens is 2. The Balaban J connectivity index is 0.00000320. The van der Waals surface area contributed by atoms with E-state index in [2.05, 4.69) is 20.2 Å². The van der Waals surface area contributed by atoms with Crippen molar-refractivity contribution in [1.29, 1.82) is 0 Å². The molecular weight excluding hydrogens is 500 g/mol. The number of rotatable bonds is 5. The van der Waals surface area contributed by atoms with Gasteiger partial charge in [-0.3, -0.25) is 4.79 Å². The first-order valence-electron chi connectivity index (χ1n) is 9.93. The number of piperidine rings is 1. The van der Waals surface area contributed by atoms with Crippen LogP contribution in [-0.2, 0) is 16.1 Å². The van der Waals surface area contributed by atoms with Crippen LogP contribution >= 0.6 is 24.0 Å². The topological polar surface area (TPSA) is 71.8 Å². The Hall–Kier alpha value is -2.17. The number of nitrogens with zero attached hydrogens (tertiary/aromatic N) is 4. The van der Waals surface area contributed by atoms with Crippen LogP contribution in [0.2, 0.25) is 0 Å². The first kappa shape index (κ1) is 24.1. The van der Waals surface area contributed by atoms with E-state index in [1.165, 1.54) is 13.2 Å². The number of aliphatic imine (C=N–C) groups is 1. The summed E-state index contributed by atoms with van der Waals surface area (Å²) in [6, 6.07) is 5.16. The summed E-state index contributed by atoms with van der Waals surface area (Å²) in [5.41, 5.74) is 1.27. The molecule has 9 heteroatoms. The van der Waals surface area contributed by atoms with Crippen molar-refractivity contribution in [3.05, 3.63) is 47.8 Å². The fourth-order valence-electron chi connectivity index (χ4n) is 3.56. The Morgan fingerprint density at radius 3 is 2.67 bits per heavy atom. The van der Waals surface area contributed by atoms with Crippen molar-refractivity contribution in [2.75, 3.05) is 26.7 Å². The summed E-state index contributed by atoms with van der Waals surface area (Å²) >= 11 is 0. The van der Waals surface area contributed by atoms with Gasteiger partial charge in [-0.15, -0.1) is 24.0 Å². The lowest BCUT2D eigenvalue weighted by Crippen LogP contribution is -2.46. The molecule has 1 aromatic carbocycles. The summed E-state index contributed by atoms with van der Waals surface area (Å²) in [6.07, 6.45) is 4.88. The maximum absolute atomic E-state index is 14.6. The molecule has 30 heavy (non-hydrogen) atoms. The average Bonchev–Trinajstić information content (AvgIpc) is 3.16. The van der Waals surface area contributed by atoms with Crippen LogP contribution in [0.4, 0.5) is 4.39 Å². The molecule has 0 unspecified atom stereocenters. The largest absolute Gasteiger partial charge is 0.469 e. The number of carbonyl (C=O) groups excluding carboxylic acids is 1. The van der Waals surface area contributed by atoms with Gasteiger partial charge in [0, 0.05) is 32.0 Å². The van der Waals surface area contributed by atoms with Crippen molar-refractivity contribution >= 4 is 35.9 Å². The van der Waals surface area contributed by atoms with Crippen LogP contribution < -0.4 is 5.32 Å². The van der Waals surface area contributed by atoms with E-state index in [0.717, 1.165) is 49.8 Å². The normalized spacial score (nSPS) is 14.9. The van der Waals surface area contributed by atoms with Gasteiger partial charge in [0.1, 0.15) is 11.6 Å². The third-order valence-electron chi connectivity index (χ3n) is 5.17. The lowest BCUT2D eigenvalue weighted by molar-refractivity contribution is -0.146. The summed E-state index contributed by atoms with van der Waals surface area (Å²) in [5.74, 6) is 1.02. The van der Waals surface area contributed by atoms with Crippen molar-refractivity contribution in [3.63, 3.8) is 0 Å². The molecule has 0 bridgehead atoms. The number of carbonyl (C=O) groups is 1. The number of methoxy groups -OCH3 is 1. The van der Waals surface area contributed by atoms with E-state index < -0.39 is 0 Å². The Bertz CT molecular complexity index is 878. The van der Waals surface area contributed by atoms with Crippen LogP contribution in [-0.4, -0.2) is 53.1 Å². The minimum Gasteiger partial charge on any atom is -0.469 e. The van der Waals surface area contributed by atoms with E-state index in [-0.39, 0.29) is 41.7 Å². The summed E-state index contributed by atoms with van der Waals surface area (Å²) in [4.78, 5) is 22.7. The molecule has 0 radical (unpaired) electrons. The molecule has 0 saturated carbocycles. The number of aryl methyl sites for hydroxylation is 1. The van der Waals surface area contributed by atoms with Gasteiger partial charge in [-0.1, -0.05) is 6.07 Å². The Morgan fingerprint density at radius 2 is 2.10 bits per heavy atom. The van der Waals surface area contributed by atoms with Gasteiger partial charge in [-0.05, 0) is 44.4 Å². The standard InChI is InChI=1S/C21H28FN5O2.HI/c1-4-23-21(26-10-7-17(8-11-26)20(28)29-3)25-14-16-5-6-19(18(22)13-16)27-12-9-24-15(27)2;/h5-6,9,12-13,17H,4,7-8,10-11,14H2,1-3H3,(H,23,25);1H. The number of likely N-dealkylation sites (tertiary alicyclic amines) is 1. The Kier molecular flexibility index (Phi) is 9.07. The highest BCUT2D eigenvalue weighted by Gasteiger charge is 2.26. The highest BCUT2D eigenvalue weighted by Crippen LogP contribution is 2.20. The monoisotopic (exact) mass is 529 g/mol. The van der Waals surface area contributed by atoms with Gasteiger partial charge in [-0.25, -0.2) is 14.4 Å². The van der Waals surface area contributed by atoms with E-state index in [4.69, 9.17) is 4.74 Å². The third-order valence-corrected chi connectivity index (χ3v) is 5.17. The summed E-state index contributed by atoms with van der Waals surface area (Å²) < 4.78 is 21.2. The smallest absolute Gasteiger partial charge is 0.308 e. The number of hydrogen-bond acceptors (Lipinski definition) is 4. The molecule has 1 saturated heterocycles. The van der Waals surface area contributed by atoms with Crippen molar-refractivity contribution in [1.82, 2.24) is 19.8 Å². The van der Waals surface area contributed by atoms with Gasteiger partial charge in [0.2, 0.25) is 0 Å². The summed E-state index contributed by atoms with van der Waals surface area (Å²) in [6.45, 7) is 6.43. The molecule has 164 valence electrons. The molecule has 0 aliphatic carbocycles. The van der Waals surface area contributed by atoms with Crippen molar-refractivity contribution in [3.8, 4) is 5.69 Å². The first-order valence-corrected chi connectivity index (χ1v) is 9.93. The summed E-state index contributed by atoms with van der Waals surface area (Å²) in [5, 5.41) is 3.29. The van der Waals surface area contributed by atoms with Crippen LogP contribution in [0.5, 0.6) is 0 Å². The molecule has 0 spiro atoms. The Morgan fingerprint density at radius 1 is 1.37 bits per heavy atom. The maximum Gasteiger partial charge on any atom is 0.308 e. The number of ether oxygens (including phenoxy) is 1. The molecule has 2 heterocycles. The fraction of sp³-hybridized carbons (Fsp3) is 0.476. The molecule has 1 aromatic heterocycles. The molecule has 0 atom stereocenters. The summed E-state index contributed by atoms with van der Waals surface area (Å²) in [7, 11) is 1.43. The van der Waals surface area contributed by atoms with Gasteiger partial charge in [-0.2, -0.15) is 0 Å². The van der Waals surface area contributed by atoms with Gasteiger partial charge in [0.05, 0.1) is 25.3 Å². The second-order valence-corrected chi connectivity index (χ2v) is 7.08. The number of benzene rings is 1. The SMILES string of the molecule is CCNC(=NCc1ccc(-n2ccnc2C)c(F)c1)N1CCC(C(=O)OC)CC1.I. The van der Waals surface area contributed by atoms with Crippen molar-refractivity contribution in [2.45, 2.75) is 33.2 Å². The fourth-order valence-corrected chi connectivity index (χ4v) is 3.56. The zero-order valence-corrected chi connectivity index (χ0v) is 19.9. The number of hydrogen-bond donors (Lipinski definition) is 1. The predicted octanol–water partition coefficient (Wildman–Crippen LogP) is 3.29. The third kappa shape index (κ3) is 5.71. The highest BCUT2D eigenvalue weighted by atomic mass is 127. The van der Waals surface area contributed by atoms with E-state index in [0.29, 0.717) is 12.2 Å². The average molecular weight is 529 g/mol. The van der Waals surface area contributed by atoms with Crippen LogP contribution in [0, 0.1) is 18.7 Å². The molecule has 1 N–H and O–H groups in total. The minimum absolute atomic E-state index is 0. The van der Waals surface area contributed by atoms with Crippen LogP contribution in [0.25, 0.3) is 5.69 Å². The van der Waals surface area contributed by atoms with Crippen molar-refractivity contribution in [2.24, 2.45) is 10.9 Å². The molecular formula is C21H29FIN5O2. The molecule has 3 rings (SSSR count). The van der Waals surface area contributed by atoms with E-state index in [9.17, 15) is 9.18 Å². The Labute approximate surface area is 193 Å². The second-order valence-electron chi connectivity index (χ2n) is 7.08. The highest BCUT2D eigenvalue weighted by molar-refractivity contribution is 14.0. The van der Waals surface area contributed by atoms with E-state index in [1.807, 2.05) is 19.9 Å². The van der Waals surface area contributed by atoms with Crippen LogP contribution in [0.15, 0.2) is 35.6 Å². The van der Waals surface area contributed by atoms with Gasteiger partial charge in [0.15, 0.2) is 5.96 Å². The number of nitrogens with one attached hydrogen (secondary N) is 1. The minimum atomic E-state index is -0.303. The molecule has 7 nitrogen and oxygen atoms in total. The maximum atomic E-state index is 14.6. The first-order chi connectivity index (χ1) is 14.0. The number of guanidine groups is 1. The molecule has 1 fully saturated rings. The predicted molar refractivity (Wildman–Crippen MR) is 125 cm³/mol. The quantitative estimate of drug-likeness (QED) is 0.279. The number of esters is 1. The molecule has 2 aromatic rings. The van der Waals surface area contributed by atoms with Crippen LogP contribution in [0.3, 0.4) is 0 Å².